The van der Waals surface area contributed by atoms with Crippen molar-refractivity contribution in [1.29, 1.82) is 0 Å². The van der Waals surface area contributed by atoms with Crippen LogP contribution in [0.1, 0.15) is 24.9 Å². The summed E-state index contributed by atoms with van der Waals surface area (Å²) in [7, 11) is 1.67. The third-order valence-electron chi connectivity index (χ3n) is 2.93. The summed E-state index contributed by atoms with van der Waals surface area (Å²) in [6.45, 7) is 6.30. The molecule has 0 amide bonds. The summed E-state index contributed by atoms with van der Waals surface area (Å²) in [5.41, 5.74) is 1.27. The number of ether oxygens (including phenoxy) is 3. The van der Waals surface area contributed by atoms with Crippen molar-refractivity contribution in [3.05, 3.63) is 35.9 Å². The molecule has 1 unspecified atom stereocenters. The molecule has 0 bridgehead atoms. The first kappa shape index (κ1) is 17.1. The van der Waals surface area contributed by atoms with Crippen molar-refractivity contribution in [3.63, 3.8) is 0 Å². The summed E-state index contributed by atoms with van der Waals surface area (Å²) < 4.78 is 16.0. The van der Waals surface area contributed by atoms with Gasteiger partial charge in [0.2, 0.25) is 0 Å². The highest BCUT2D eigenvalue weighted by atomic mass is 16.5. The highest BCUT2D eigenvalue weighted by Crippen LogP contribution is 2.12. The molecule has 0 aliphatic heterocycles. The normalized spacial score (nSPS) is 12.5. The van der Waals surface area contributed by atoms with Crippen molar-refractivity contribution >= 4 is 0 Å². The lowest BCUT2D eigenvalue weighted by Crippen LogP contribution is -2.27. The van der Waals surface area contributed by atoms with Gasteiger partial charge in [-0.25, -0.2) is 0 Å². The first-order chi connectivity index (χ1) is 9.88. The predicted octanol–water partition coefficient (Wildman–Crippen LogP) is 2.41. The van der Waals surface area contributed by atoms with E-state index >= 15 is 0 Å². The summed E-state index contributed by atoms with van der Waals surface area (Å²) >= 11 is 0. The second kappa shape index (κ2) is 11.9. The molecule has 0 fully saturated rings. The third kappa shape index (κ3) is 7.60. The SMILES string of the molecule is CCCNC(COCCOCCOC)c1ccccc1. The standard InChI is InChI=1S/C16H27NO3/c1-3-9-17-16(15-7-5-4-6-8-15)14-20-13-12-19-11-10-18-2/h4-8,16-17H,3,9-14H2,1-2H3. The van der Waals surface area contributed by atoms with Gasteiger partial charge < -0.3 is 19.5 Å². The smallest absolute Gasteiger partial charge is 0.0701 e. The Bertz CT molecular complexity index is 319. The Hall–Kier alpha value is -0.940. The lowest BCUT2D eigenvalue weighted by atomic mass is 10.1. The number of methoxy groups -OCH3 is 1. The van der Waals surface area contributed by atoms with Gasteiger partial charge in [0, 0.05) is 7.11 Å². The van der Waals surface area contributed by atoms with E-state index in [9.17, 15) is 0 Å². The largest absolute Gasteiger partial charge is 0.382 e. The van der Waals surface area contributed by atoms with Crippen LogP contribution in [0.2, 0.25) is 0 Å². The maximum atomic E-state index is 5.70. The van der Waals surface area contributed by atoms with E-state index in [0.29, 0.717) is 33.0 Å². The fourth-order valence-corrected chi connectivity index (χ4v) is 1.84. The van der Waals surface area contributed by atoms with Crippen molar-refractivity contribution in [3.8, 4) is 0 Å². The van der Waals surface area contributed by atoms with Gasteiger partial charge in [-0.1, -0.05) is 37.3 Å². The molecule has 114 valence electrons. The zero-order valence-electron chi connectivity index (χ0n) is 12.6. The molecular formula is C16H27NO3. The number of benzene rings is 1. The predicted molar refractivity (Wildman–Crippen MR) is 81.0 cm³/mol. The Morgan fingerprint density at radius 1 is 1.00 bits per heavy atom. The van der Waals surface area contributed by atoms with Gasteiger partial charge in [-0.3, -0.25) is 0 Å². The van der Waals surface area contributed by atoms with E-state index < -0.39 is 0 Å². The van der Waals surface area contributed by atoms with Crippen LogP contribution in [0.3, 0.4) is 0 Å². The van der Waals surface area contributed by atoms with Crippen molar-refractivity contribution in [2.45, 2.75) is 19.4 Å². The second-order valence-electron chi connectivity index (χ2n) is 4.60. The molecule has 0 radical (unpaired) electrons. The van der Waals surface area contributed by atoms with E-state index in [-0.39, 0.29) is 6.04 Å². The molecule has 0 spiro atoms. The quantitative estimate of drug-likeness (QED) is 0.597. The van der Waals surface area contributed by atoms with Crippen LogP contribution >= 0.6 is 0 Å². The first-order valence-electron chi connectivity index (χ1n) is 7.31. The van der Waals surface area contributed by atoms with Gasteiger partial charge in [0.15, 0.2) is 0 Å². The number of nitrogens with one attached hydrogen (secondary N) is 1. The minimum absolute atomic E-state index is 0.245. The molecule has 0 aliphatic rings. The van der Waals surface area contributed by atoms with Crippen LogP contribution in [0.4, 0.5) is 0 Å². The van der Waals surface area contributed by atoms with Gasteiger partial charge in [0.05, 0.1) is 39.1 Å². The van der Waals surface area contributed by atoms with Gasteiger partial charge >= 0.3 is 0 Å². The summed E-state index contributed by atoms with van der Waals surface area (Å²) in [5.74, 6) is 0. The monoisotopic (exact) mass is 281 g/mol. The van der Waals surface area contributed by atoms with Crippen LogP contribution < -0.4 is 5.32 Å². The van der Waals surface area contributed by atoms with Crippen LogP contribution in [0.15, 0.2) is 30.3 Å². The van der Waals surface area contributed by atoms with Crippen molar-refractivity contribution < 1.29 is 14.2 Å². The van der Waals surface area contributed by atoms with Gasteiger partial charge in [0.25, 0.3) is 0 Å². The maximum Gasteiger partial charge on any atom is 0.0701 e. The Balaban J connectivity index is 2.24. The maximum absolute atomic E-state index is 5.70. The zero-order valence-corrected chi connectivity index (χ0v) is 12.6. The Morgan fingerprint density at radius 2 is 1.70 bits per heavy atom. The molecule has 1 N–H and O–H groups in total. The zero-order chi connectivity index (χ0) is 14.5. The lowest BCUT2D eigenvalue weighted by molar-refractivity contribution is 0.0193. The minimum Gasteiger partial charge on any atom is -0.382 e. The van der Waals surface area contributed by atoms with E-state index in [4.69, 9.17) is 14.2 Å². The van der Waals surface area contributed by atoms with Gasteiger partial charge in [-0.15, -0.1) is 0 Å². The van der Waals surface area contributed by atoms with Crippen LogP contribution in [-0.2, 0) is 14.2 Å². The van der Waals surface area contributed by atoms with Gasteiger partial charge in [-0.2, -0.15) is 0 Å². The van der Waals surface area contributed by atoms with Crippen molar-refractivity contribution in [2.24, 2.45) is 0 Å². The third-order valence-corrected chi connectivity index (χ3v) is 2.93. The van der Waals surface area contributed by atoms with Crippen molar-refractivity contribution in [2.75, 3.05) is 46.7 Å². The minimum atomic E-state index is 0.245. The van der Waals surface area contributed by atoms with Crippen LogP contribution in [-0.4, -0.2) is 46.7 Å². The average molecular weight is 281 g/mol. The topological polar surface area (TPSA) is 39.7 Å². The Kier molecular flexibility index (Phi) is 10.1. The van der Waals surface area contributed by atoms with Gasteiger partial charge in [-0.05, 0) is 18.5 Å². The van der Waals surface area contributed by atoms with E-state index in [1.54, 1.807) is 7.11 Å². The number of rotatable bonds is 12. The fourth-order valence-electron chi connectivity index (χ4n) is 1.84. The molecule has 20 heavy (non-hydrogen) atoms. The molecule has 1 rings (SSSR count). The molecule has 0 saturated carbocycles. The molecule has 0 heterocycles. The number of hydrogen-bond donors (Lipinski definition) is 1. The van der Waals surface area contributed by atoms with Gasteiger partial charge in [0.1, 0.15) is 0 Å². The summed E-state index contributed by atoms with van der Waals surface area (Å²) in [6, 6.07) is 10.7. The summed E-state index contributed by atoms with van der Waals surface area (Å²) in [5, 5.41) is 3.51. The van der Waals surface area contributed by atoms with E-state index in [1.165, 1.54) is 5.56 Å². The van der Waals surface area contributed by atoms with Crippen molar-refractivity contribution in [1.82, 2.24) is 5.32 Å². The molecule has 4 heteroatoms. The van der Waals surface area contributed by atoms with E-state index in [1.807, 2.05) is 6.07 Å². The summed E-state index contributed by atoms with van der Waals surface area (Å²) in [4.78, 5) is 0. The van der Waals surface area contributed by atoms with E-state index in [0.717, 1.165) is 13.0 Å². The fraction of sp³-hybridized carbons (Fsp3) is 0.625. The highest BCUT2D eigenvalue weighted by Gasteiger charge is 2.09. The Morgan fingerprint density at radius 3 is 2.40 bits per heavy atom. The molecule has 0 aliphatic carbocycles. The molecule has 0 saturated heterocycles. The number of hydrogen-bond acceptors (Lipinski definition) is 4. The Labute approximate surface area is 122 Å². The molecular weight excluding hydrogens is 254 g/mol. The molecule has 1 aromatic carbocycles. The average Bonchev–Trinajstić information content (AvgIpc) is 2.50. The molecule has 1 atom stereocenters. The molecule has 1 aromatic rings. The first-order valence-corrected chi connectivity index (χ1v) is 7.31. The van der Waals surface area contributed by atoms with E-state index in [2.05, 4.69) is 36.5 Å². The van der Waals surface area contributed by atoms with Crippen LogP contribution in [0.5, 0.6) is 0 Å². The van der Waals surface area contributed by atoms with Crippen LogP contribution in [0, 0.1) is 0 Å². The van der Waals surface area contributed by atoms with Crippen LogP contribution in [0.25, 0.3) is 0 Å². The summed E-state index contributed by atoms with van der Waals surface area (Å²) in [6.07, 6.45) is 1.11. The molecule has 4 nitrogen and oxygen atoms in total. The molecule has 0 aromatic heterocycles. The second-order valence-corrected chi connectivity index (χ2v) is 4.60. The highest BCUT2D eigenvalue weighted by molar-refractivity contribution is 5.18. The lowest BCUT2D eigenvalue weighted by Gasteiger charge is -2.19.